The second-order valence-electron chi connectivity index (χ2n) is 3.99. The molecule has 14 heavy (non-hydrogen) atoms. The fraction of sp³-hybridized carbons (Fsp3) is 0.600. The molecule has 1 aliphatic heterocycles. The topological polar surface area (TPSA) is 52.6 Å². The highest BCUT2D eigenvalue weighted by Crippen LogP contribution is 2.44. The molecule has 1 saturated heterocycles. The second-order valence-corrected chi connectivity index (χ2v) is 3.99. The summed E-state index contributed by atoms with van der Waals surface area (Å²) in [7, 11) is 1.24. The van der Waals surface area contributed by atoms with E-state index in [1.165, 1.54) is 14.0 Å². The summed E-state index contributed by atoms with van der Waals surface area (Å²) >= 11 is 0. The lowest BCUT2D eigenvalue weighted by Gasteiger charge is -2.21. The first-order valence-corrected chi connectivity index (χ1v) is 4.28. The lowest BCUT2D eigenvalue weighted by Crippen LogP contribution is -2.35. The molecular formula is C10H14O4. The number of carbonyl (C=O) groups excluding carboxylic acids is 2. The number of hydrogen-bond donors (Lipinski definition) is 0. The van der Waals surface area contributed by atoms with E-state index < -0.39 is 23.0 Å². The Kier molecular flexibility index (Phi) is 2.18. The molecule has 78 valence electrons. The van der Waals surface area contributed by atoms with Gasteiger partial charge in [0.15, 0.2) is 5.41 Å². The highest BCUT2D eigenvalue weighted by molar-refractivity contribution is 6.05. The molecular weight excluding hydrogens is 184 g/mol. The lowest BCUT2D eigenvalue weighted by molar-refractivity contribution is -0.162. The summed E-state index contributed by atoms with van der Waals surface area (Å²) in [6.07, 6.45) is 0. The number of methoxy groups -OCH3 is 1. The van der Waals surface area contributed by atoms with E-state index in [0.29, 0.717) is 5.57 Å². The van der Waals surface area contributed by atoms with Gasteiger partial charge in [-0.3, -0.25) is 9.59 Å². The minimum absolute atomic E-state index is 0.432. The summed E-state index contributed by atoms with van der Waals surface area (Å²) in [5.41, 5.74) is -1.74. The van der Waals surface area contributed by atoms with Gasteiger partial charge in [-0.05, 0) is 26.3 Å². The van der Waals surface area contributed by atoms with Crippen LogP contribution in [0.2, 0.25) is 0 Å². The van der Waals surface area contributed by atoms with E-state index in [1.54, 1.807) is 13.8 Å². The van der Waals surface area contributed by atoms with Crippen molar-refractivity contribution in [3.05, 3.63) is 12.2 Å². The van der Waals surface area contributed by atoms with Crippen LogP contribution >= 0.6 is 0 Å². The fourth-order valence-electron chi connectivity index (χ4n) is 1.53. The van der Waals surface area contributed by atoms with Crippen molar-refractivity contribution in [3.8, 4) is 0 Å². The molecule has 0 aliphatic carbocycles. The van der Waals surface area contributed by atoms with E-state index in [4.69, 9.17) is 4.74 Å². The van der Waals surface area contributed by atoms with Crippen molar-refractivity contribution in [2.45, 2.75) is 26.4 Å². The Hall–Kier alpha value is -1.32. The van der Waals surface area contributed by atoms with Gasteiger partial charge in [-0.1, -0.05) is 6.58 Å². The van der Waals surface area contributed by atoms with Crippen LogP contribution in [0.5, 0.6) is 0 Å². The van der Waals surface area contributed by atoms with Crippen molar-refractivity contribution in [1.29, 1.82) is 0 Å². The van der Waals surface area contributed by atoms with Crippen molar-refractivity contribution in [1.82, 2.24) is 0 Å². The molecule has 0 amide bonds. The average Bonchev–Trinajstić information content (AvgIpc) is 2.26. The Morgan fingerprint density at radius 1 is 1.43 bits per heavy atom. The number of esters is 2. The SMILES string of the molecule is C=C1C(C)(C)OC(=O)C1(C)C(=O)OC. The number of cyclic esters (lactones) is 1. The average molecular weight is 198 g/mol. The zero-order valence-corrected chi connectivity index (χ0v) is 8.84. The van der Waals surface area contributed by atoms with Crippen LogP contribution < -0.4 is 0 Å². The molecule has 0 bridgehead atoms. The van der Waals surface area contributed by atoms with Crippen LogP contribution in [0.1, 0.15) is 20.8 Å². The fourth-order valence-corrected chi connectivity index (χ4v) is 1.53. The van der Waals surface area contributed by atoms with Gasteiger partial charge in [0.25, 0.3) is 0 Å². The number of ether oxygens (including phenoxy) is 2. The summed E-state index contributed by atoms with van der Waals surface area (Å²) in [6.45, 7) is 8.60. The van der Waals surface area contributed by atoms with Gasteiger partial charge in [0.1, 0.15) is 5.60 Å². The molecule has 1 heterocycles. The summed E-state index contributed by atoms with van der Waals surface area (Å²) < 4.78 is 9.63. The third-order valence-corrected chi connectivity index (χ3v) is 2.68. The van der Waals surface area contributed by atoms with E-state index >= 15 is 0 Å². The number of rotatable bonds is 1. The van der Waals surface area contributed by atoms with Crippen LogP contribution in [0.3, 0.4) is 0 Å². The van der Waals surface area contributed by atoms with E-state index in [-0.39, 0.29) is 0 Å². The van der Waals surface area contributed by atoms with Crippen LogP contribution in [0.15, 0.2) is 12.2 Å². The summed E-state index contributed by atoms with van der Waals surface area (Å²) in [6, 6.07) is 0. The predicted molar refractivity (Wildman–Crippen MR) is 49.4 cm³/mol. The first-order chi connectivity index (χ1) is 6.26. The Labute approximate surface area is 82.9 Å². The van der Waals surface area contributed by atoms with Crippen molar-refractivity contribution in [3.63, 3.8) is 0 Å². The second kappa shape index (κ2) is 2.83. The maximum absolute atomic E-state index is 11.5. The first kappa shape index (κ1) is 10.8. The van der Waals surface area contributed by atoms with Gasteiger partial charge in [-0.25, -0.2) is 0 Å². The highest BCUT2D eigenvalue weighted by atomic mass is 16.6. The maximum Gasteiger partial charge on any atom is 0.328 e. The van der Waals surface area contributed by atoms with Crippen molar-refractivity contribution in [2.24, 2.45) is 5.41 Å². The lowest BCUT2D eigenvalue weighted by atomic mass is 9.79. The van der Waals surface area contributed by atoms with Crippen LogP contribution in [0.25, 0.3) is 0 Å². The molecule has 0 aromatic rings. The Bertz CT molecular complexity index is 316. The summed E-state index contributed by atoms with van der Waals surface area (Å²) in [4.78, 5) is 23.0. The van der Waals surface area contributed by atoms with Crippen LogP contribution in [0.4, 0.5) is 0 Å². The van der Waals surface area contributed by atoms with E-state index in [9.17, 15) is 9.59 Å². The van der Waals surface area contributed by atoms with Crippen LogP contribution in [-0.2, 0) is 19.1 Å². The van der Waals surface area contributed by atoms with Crippen molar-refractivity contribution in [2.75, 3.05) is 7.11 Å². The van der Waals surface area contributed by atoms with Gasteiger partial charge < -0.3 is 9.47 Å². The molecule has 4 heteroatoms. The Balaban J connectivity index is 3.18. The third kappa shape index (κ3) is 1.14. The number of hydrogen-bond acceptors (Lipinski definition) is 4. The maximum atomic E-state index is 11.5. The molecule has 1 rings (SSSR count). The van der Waals surface area contributed by atoms with E-state index in [1.807, 2.05) is 0 Å². The van der Waals surface area contributed by atoms with Crippen molar-refractivity contribution >= 4 is 11.9 Å². The quantitative estimate of drug-likeness (QED) is 0.359. The summed E-state index contributed by atoms with van der Waals surface area (Å²) in [5, 5.41) is 0. The van der Waals surface area contributed by atoms with Gasteiger partial charge in [-0.15, -0.1) is 0 Å². The molecule has 0 aromatic heterocycles. The Morgan fingerprint density at radius 2 is 1.93 bits per heavy atom. The Morgan fingerprint density at radius 3 is 2.21 bits per heavy atom. The number of carbonyl (C=O) groups is 2. The summed E-state index contributed by atoms with van der Waals surface area (Å²) in [5.74, 6) is -1.22. The standard InChI is InChI=1S/C10H14O4/c1-6-9(2,3)14-8(12)10(6,4)7(11)13-5/h1H2,2-5H3. The monoisotopic (exact) mass is 198 g/mol. The molecule has 0 spiro atoms. The molecule has 1 atom stereocenters. The van der Waals surface area contributed by atoms with Gasteiger partial charge in [0.2, 0.25) is 0 Å². The van der Waals surface area contributed by atoms with Gasteiger partial charge >= 0.3 is 11.9 Å². The minimum Gasteiger partial charge on any atom is -0.468 e. The van der Waals surface area contributed by atoms with Crippen molar-refractivity contribution < 1.29 is 19.1 Å². The van der Waals surface area contributed by atoms with Crippen LogP contribution in [0, 0.1) is 5.41 Å². The minimum atomic E-state index is -1.36. The third-order valence-electron chi connectivity index (χ3n) is 2.68. The van der Waals surface area contributed by atoms with E-state index in [0.717, 1.165) is 0 Å². The highest BCUT2D eigenvalue weighted by Gasteiger charge is 2.58. The van der Waals surface area contributed by atoms with Gasteiger partial charge in [0.05, 0.1) is 7.11 Å². The van der Waals surface area contributed by atoms with Gasteiger partial charge in [-0.2, -0.15) is 0 Å². The molecule has 0 N–H and O–H groups in total. The van der Waals surface area contributed by atoms with Gasteiger partial charge in [0, 0.05) is 0 Å². The molecule has 0 radical (unpaired) electrons. The molecule has 0 aromatic carbocycles. The zero-order valence-electron chi connectivity index (χ0n) is 8.84. The first-order valence-electron chi connectivity index (χ1n) is 4.28. The molecule has 1 aliphatic rings. The molecule has 1 fully saturated rings. The predicted octanol–water partition coefficient (Wildman–Crippen LogP) is 1.06. The van der Waals surface area contributed by atoms with E-state index in [2.05, 4.69) is 11.3 Å². The normalized spacial score (nSPS) is 30.0. The molecule has 1 unspecified atom stereocenters. The zero-order chi connectivity index (χ0) is 11.1. The molecule has 0 saturated carbocycles. The molecule has 4 nitrogen and oxygen atoms in total. The smallest absolute Gasteiger partial charge is 0.328 e. The van der Waals surface area contributed by atoms with Crippen LogP contribution in [-0.4, -0.2) is 24.6 Å². The largest absolute Gasteiger partial charge is 0.468 e.